The molecule has 106 valence electrons. The number of benzene rings is 1. The molecule has 3 nitrogen and oxygen atoms in total. The number of hydrogen-bond donors (Lipinski definition) is 0. The summed E-state index contributed by atoms with van der Waals surface area (Å²) in [6, 6.07) is 9.57. The summed E-state index contributed by atoms with van der Waals surface area (Å²) in [7, 11) is 4.36. The molecule has 0 spiro atoms. The van der Waals surface area contributed by atoms with Crippen LogP contribution >= 0.6 is 0 Å². The molecule has 1 fully saturated rings. The second-order valence-corrected chi connectivity index (χ2v) is 5.95. The summed E-state index contributed by atoms with van der Waals surface area (Å²) in [5, 5.41) is 0. The highest BCUT2D eigenvalue weighted by Crippen LogP contribution is 2.17. The van der Waals surface area contributed by atoms with Gasteiger partial charge in [0.15, 0.2) is 0 Å². The smallest absolute Gasteiger partial charge is 0.0366 e. The van der Waals surface area contributed by atoms with Crippen molar-refractivity contribution in [1.82, 2.24) is 9.80 Å². The fourth-order valence-corrected chi connectivity index (χ4v) is 2.40. The summed E-state index contributed by atoms with van der Waals surface area (Å²) < 4.78 is 0. The van der Waals surface area contributed by atoms with Gasteiger partial charge in [-0.05, 0) is 38.6 Å². The van der Waals surface area contributed by atoms with E-state index in [2.05, 4.69) is 66.9 Å². The molecule has 1 heterocycles. The van der Waals surface area contributed by atoms with Gasteiger partial charge in [-0.15, -0.1) is 0 Å². The first-order chi connectivity index (χ1) is 9.06. The Morgan fingerprint density at radius 2 is 1.63 bits per heavy atom. The number of nitrogens with zero attached hydrogens (tertiary/aromatic N) is 3. The molecule has 2 rings (SSSR count). The zero-order chi connectivity index (χ0) is 13.8. The van der Waals surface area contributed by atoms with E-state index in [1.807, 2.05) is 0 Å². The predicted octanol–water partition coefficient (Wildman–Crippen LogP) is 2.28. The van der Waals surface area contributed by atoms with Gasteiger partial charge in [0.05, 0.1) is 0 Å². The minimum Gasteiger partial charge on any atom is -0.372 e. The van der Waals surface area contributed by atoms with E-state index in [-0.39, 0.29) is 0 Å². The Morgan fingerprint density at radius 1 is 1.05 bits per heavy atom. The summed E-state index contributed by atoms with van der Waals surface area (Å²) in [5.74, 6) is 0. The third kappa shape index (κ3) is 3.95. The molecule has 1 saturated heterocycles. The van der Waals surface area contributed by atoms with Crippen LogP contribution in [0, 0.1) is 0 Å². The van der Waals surface area contributed by atoms with Crippen molar-refractivity contribution in [1.29, 1.82) is 0 Å². The van der Waals surface area contributed by atoms with Crippen molar-refractivity contribution in [2.75, 3.05) is 45.2 Å². The highest BCUT2D eigenvalue weighted by atomic mass is 15.2. The molecule has 1 aromatic carbocycles. The maximum Gasteiger partial charge on any atom is 0.0366 e. The molecule has 0 amide bonds. The molecule has 0 aliphatic carbocycles. The molecule has 0 radical (unpaired) electrons. The number of piperazine rings is 1. The SMILES string of the molecule is CC(C)N(C)c1ccc(CN2CCN(C)CC2)cc1. The average Bonchev–Trinajstić information content (AvgIpc) is 2.41. The number of anilines is 1. The fourth-order valence-electron chi connectivity index (χ4n) is 2.40. The molecule has 1 aliphatic heterocycles. The van der Waals surface area contributed by atoms with Gasteiger partial charge in [-0.3, -0.25) is 4.90 Å². The molecule has 0 saturated carbocycles. The fraction of sp³-hybridized carbons (Fsp3) is 0.625. The normalized spacial score (nSPS) is 17.9. The van der Waals surface area contributed by atoms with Crippen LogP contribution in [0.2, 0.25) is 0 Å². The first kappa shape index (κ1) is 14.4. The Labute approximate surface area is 117 Å². The van der Waals surface area contributed by atoms with E-state index in [0.29, 0.717) is 6.04 Å². The van der Waals surface area contributed by atoms with Gasteiger partial charge in [-0.1, -0.05) is 12.1 Å². The van der Waals surface area contributed by atoms with Gasteiger partial charge < -0.3 is 9.80 Å². The summed E-state index contributed by atoms with van der Waals surface area (Å²) in [6.45, 7) is 10.3. The lowest BCUT2D eigenvalue weighted by Crippen LogP contribution is -2.43. The summed E-state index contributed by atoms with van der Waals surface area (Å²) >= 11 is 0. The zero-order valence-corrected chi connectivity index (χ0v) is 12.8. The second kappa shape index (κ2) is 6.40. The van der Waals surface area contributed by atoms with E-state index in [4.69, 9.17) is 0 Å². The zero-order valence-electron chi connectivity index (χ0n) is 12.8. The van der Waals surface area contributed by atoms with E-state index in [1.165, 1.54) is 37.4 Å². The van der Waals surface area contributed by atoms with E-state index >= 15 is 0 Å². The van der Waals surface area contributed by atoms with Gasteiger partial charge in [0.1, 0.15) is 0 Å². The largest absolute Gasteiger partial charge is 0.372 e. The standard InChI is InChI=1S/C16H27N3/c1-14(2)18(4)16-7-5-15(6-8-16)13-19-11-9-17(3)10-12-19/h5-8,14H,9-13H2,1-4H3. The Morgan fingerprint density at radius 3 is 2.16 bits per heavy atom. The van der Waals surface area contributed by atoms with Gasteiger partial charge in [0.25, 0.3) is 0 Å². The van der Waals surface area contributed by atoms with Crippen LogP contribution in [0.3, 0.4) is 0 Å². The molecule has 19 heavy (non-hydrogen) atoms. The van der Waals surface area contributed by atoms with Crippen LogP contribution < -0.4 is 4.90 Å². The highest BCUT2D eigenvalue weighted by Gasteiger charge is 2.13. The van der Waals surface area contributed by atoms with Crippen molar-refractivity contribution in [3.05, 3.63) is 29.8 Å². The third-order valence-corrected chi connectivity index (χ3v) is 4.12. The number of hydrogen-bond acceptors (Lipinski definition) is 3. The maximum absolute atomic E-state index is 2.54. The Bertz CT molecular complexity index is 377. The summed E-state index contributed by atoms with van der Waals surface area (Å²) in [4.78, 5) is 7.25. The van der Waals surface area contributed by atoms with Crippen LogP contribution in [0.5, 0.6) is 0 Å². The molecule has 0 bridgehead atoms. The van der Waals surface area contributed by atoms with Gasteiger partial charge in [-0.25, -0.2) is 0 Å². The van der Waals surface area contributed by atoms with Crippen molar-refractivity contribution in [2.45, 2.75) is 26.4 Å². The van der Waals surface area contributed by atoms with Crippen molar-refractivity contribution in [3.63, 3.8) is 0 Å². The van der Waals surface area contributed by atoms with Gasteiger partial charge >= 0.3 is 0 Å². The quantitative estimate of drug-likeness (QED) is 0.823. The Hall–Kier alpha value is -1.06. The molecule has 0 N–H and O–H groups in total. The van der Waals surface area contributed by atoms with Gasteiger partial charge in [0.2, 0.25) is 0 Å². The highest BCUT2D eigenvalue weighted by molar-refractivity contribution is 5.47. The van der Waals surface area contributed by atoms with Gasteiger partial charge in [0, 0.05) is 51.5 Å². The lowest BCUT2D eigenvalue weighted by atomic mass is 10.1. The summed E-state index contributed by atoms with van der Waals surface area (Å²) in [5.41, 5.74) is 2.72. The first-order valence-electron chi connectivity index (χ1n) is 7.29. The first-order valence-corrected chi connectivity index (χ1v) is 7.29. The van der Waals surface area contributed by atoms with E-state index in [0.717, 1.165) is 6.54 Å². The van der Waals surface area contributed by atoms with Crippen molar-refractivity contribution < 1.29 is 0 Å². The van der Waals surface area contributed by atoms with Crippen LogP contribution in [0.1, 0.15) is 19.4 Å². The molecular weight excluding hydrogens is 234 g/mol. The number of likely N-dealkylation sites (N-methyl/N-ethyl adjacent to an activating group) is 1. The molecule has 0 atom stereocenters. The van der Waals surface area contributed by atoms with Crippen molar-refractivity contribution in [2.24, 2.45) is 0 Å². The molecule has 0 aromatic heterocycles. The third-order valence-electron chi connectivity index (χ3n) is 4.12. The minimum atomic E-state index is 0.545. The Balaban J connectivity index is 1.91. The van der Waals surface area contributed by atoms with E-state index in [9.17, 15) is 0 Å². The van der Waals surface area contributed by atoms with Gasteiger partial charge in [-0.2, -0.15) is 0 Å². The molecule has 1 aliphatic rings. The average molecular weight is 261 g/mol. The van der Waals surface area contributed by atoms with Crippen molar-refractivity contribution in [3.8, 4) is 0 Å². The van der Waals surface area contributed by atoms with Crippen LogP contribution in [0.4, 0.5) is 5.69 Å². The Kier molecular flexibility index (Phi) is 4.83. The van der Waals surface area contributed by atoms with E-state index < -0.39 is 0 Å². The van der Waals surface area contributed by atoms with E-state index in [1.54, 1.807) is 0 Å². The van der Waals surface area contributed by atoms with Crippen LogP contribution in [0.15, 0.2) is 24.3 Å². The lowest BCUT2D eigenvalue weighted by molar-refractivity contribution is 0.148. The minimum absolute atomic E-state index is 0.545. The topological polar surface area (TPSA) is 9.72 Å². The van der Waals surface area contributed by atoms with Crippen molar-refractivity contribution >= 4 is 5.69 Å². The molecular formula is C16H27N3. The molecule has 0 unspecified atom stereocenters. The lowest BCUT2D eigenvalue weighted by Gasteiger charge is -2.32. The second-order valence-electron chi connectivity index (χ2n) is 5.95. The molecule has 1 aromatic rings. The van der Waals surface area contributed by atoms with Crippen LogP contribution in [-0.2, 0) is 6.54 Å². The van der Waals surface area contributed by atoms with Crippen LogP contribution in [0.25, 0.3) is 0 Å². The number of rotatable bonds is 4. The molecule has 3 heteroatoms. The monoisotopic (exact) mass is 261 g/mol. The summed E-state index contributed by atoms with van der Waals surface area (Å²) in [6.07, 6.45) is 0. The predicted molar refractivity (Wildman–Crippen MR) is 82.8 cm³/mol. The maximum atomic E-state index is 2.54. The van der Waals surface area contributed by atoms with Crippen LogP contribution in [-0.4, -0.2) is 56.1 Å².